The average Bonchev–Trinajstić information content (AvgIpc) is 2.42. The standard InChI is InChI=1S/C12H11N/c1-12(2)6-5-10-4-3-9(8-13)7-11(10)12/h3-7H,1-2H3. The van der Waals surface area contributed by atoms with Crippen molar-refractivity contribution in [3.05, 3.63) is 41.0 Å². The van der Waals surface area contributed by atoms with Crippen molar-refractivity contribution in [2.45, 2.75) is 19.3 Å². The summed E-state index contributed by atoms with van der Waals surface area (Å²) in [5.74, 6) is 0. The van der Waals surface area contributed by atoms with Crippen LogP contribution in [0.4, 0.5) is 0 Å². The zero-order chi connectivity index (χ0) is 9.47. The summed E-state index contributed by atoms with van der Waals surface area (Å²) in [6, 6.07) is 8.03. The van der Waals surface area contributed by atoms with Gasteiger partial charge in [-0.25, -0.2) is 0 Å². The molecule has 0 amide bonds. The summed E-state index contributed by atoms with van der Waals surface area (Å²) in [6.07, 6.45) is 4.30. The molecule has 1 nitrogen and oxygen atoms in total. The topological polar surface area (TPSA) is 23.8 Å². The van der Waals surface area contributed by atoms with Crippen molar-refractivity contribution in [1.82, 2.24) is 0 Å². The summed E-state index contributed by atoms with van der Waals surface area (Å²) in [4.78, 5) is 0. The number of hydrogen-bond donors (Lipinski definition) is 0. The Morgan fingerprint density at radius 2 is 2.08 bits per heavy atom. The first-order chi connectivity index (χ1) is 6.13. The first-order valence-corrected chi connectivity index (χ1v) is 4.37. The molecule has 0 bridgehead atoms. The minimum absolute atomic E-state index is 0.0855. The SMILES string of the molecule is CC1(C)C=Cc2ccc(C#N)cc21. The highest BCUT2D eigenvalue weighted by molar-refractivity contribution is 5.65. The molecule has 1 aromatic carbocycles. The van der Waals surface area contributed by atoms with Crippen molar-refractivity contribution >= 4 is 6.08 Å². The molecule has 2 rings (SSSR count). The molecule has 0 aliphatic heterocycles. The Balaban J connectivity index is 2.62. The van der Waals surface area contributed by atoms with Crippen molar-refractivity contribution in [3.8, 4) is 6.07 Å². The third kappa shape index (κ3) is 1.15. The van der Waals surface area contributed by atoms with Crippen LogP contribution in [0.5, 0.6) is 0 Å². The van der Waals surface area contributed by atoms with Crippen LogP contribution in [0, 0.1) is 11.3 Å². The van der Waals surface area contributed by atoms with Crippen LogP contribution in [0.3, 0.4) is 0 Å². The molecule has 0 atom stereocenters. The van der Waals surface area contributed by atoms with E-state index in [4.69, 9.17) is 5.26 Å². The lowest BCUT2D eigenvalue weighted by molar-refractivity contribution is 0.683. The molecule has 1 heteroatoms. The zero-order valence-corrected chi connectivity index (χ0v) is 7.83. The summed E-state index contributed by atoms with van der Waals surface area (Å²) in [5, 5.41) is 8.77. The van der Waals surface area contributed by atoms with Crippen LogP contribution in [0.25, 0.3) is 6.08 Å². The van der Waals surface area contributed by atoms with Crippen molar-refractivity contribution < 1.29 is 0 Å². The van der Waals surface area contributed by atoms with E-state index in [1.54, 1.807) is 0 Å². The van der Waals surface area contributed by atoms with Gasteiger partial charge < -0.3 is 0 Å². The van der Waals surface area contributed by atoms with E-state index in [9.17, 15) is 0 Å². The minimum Gasteiger partial charge on any atom is -0.192 e. The van der Waals surface area contributed by atoms with Crippen LogP contribution in [-0.2, 0) is 5.41 Å². The normalized spacial score (nSPS) is 16.7. The van der Waals surface area contributed by atoms with E-state index in [2.05, 4.69) is 32.1 Å². The zero-order valence-electron chi connectivity index (χ0n) is 7.83. The molecule has 1 aromatic rings. The van der Waals surface area contributed by atoms with Gasteiger partial charge >= 0.3 is 0 Å². The van der Waals surface area contributed by atoms with Crippen LogP contribution < -0.4 is 0 Å². The van der Waals surface area contributed by atoms with Crippen LogP contribution >= 0.6 is 0 Å². The minimum atomic E-state index is 0.0855. The lowest BCUT2D eigenvalue weighted by Gasteiger charge is -2.17. The smallest absolute Gasteiger partial charge is 0.0991 e. The Labute approximate surface area is 78.3 Å². The highest BCUT2D eigenvalue weighted by Crippen LogP contribution is 2.35. The highest BCUT2D eigenvalue weighted by atomic mass is 14.3. The third-order valence-electron chi connectivity index (χ3n) is 2.56. The summed E-state index contributed by atoms with van der Waals surface area (Å²) in [7, 11) is 0. The fraction of sp³-hybridized carbons (Fsp3) is 0.250. The fourth-order valence-corrected chi connectivity index (χ4v) is 1.72. The number of allylic oxidation sites excluding steroid dienone is 1. The summed E-state index contributed by atoms with van der Waals surface area (Å²) >= 11 is 0. The molecule has 13 heavy (non-hydrogen) atoms. The fourth-order valence-electron chi connectivity index (χ4n) is 1.72. The van der Waals surface area contributed by atoms with Crippen molar-refractivity contribution in [2.24, 2.45) is 0 Å². The second-order valence-corrected chi connectivity index (χ2v) is 3.97. The number of rotatable bonds is 0. The Hall–Kier alpha value is -1.55. The summed E-state index contributed by atoms with van der Waals surface area (Å²) < 4.78 is 0. The van der Waals surface area contributed by atoms with E-state index >= 15 is 0 Å². The molecule has 0 heterocycles. The van der Waals surface area contributed by atoms with Gasteiger partial charge in [0.05, 0.1) is 11.6 Å². The van der Waals surface area contributed by atoms with Crippen LogP contribution in [-0.4, -0.2) is 0 Å². The van der Waals surface area contributed by atoms with Crippen LogP contribution in [0.15, 0.2) is 24.3 Å². The predicted molar refractivity (Wildman–Crippen MR) is 53.2 cm³/mol. The molecule has 0 radical (unpaired) electrons. The average molecular weight is 169 g/mol. The third-order valence-corrected chi connectivity index (χ3v) is 2.56. The first kappa shape index (κ1) is 8.07. The Bertz CT molecular complexity index is 419. The van der Waals surface area contributed by atoms with Crippen molar-refractivity contribution in [3.63, 3.8) is 0 Å². The van der Waals surface area contributed by atoms with Gasteiger partial charge in [0, 0.05) is 5.41 Å². The molecule has 1 aliphatic carbocycles. The molecule has 64 valence electrons. The molecule has 0 aromatic heterocycles. The maximum Gasteiger partial charge on any atom is 0.0991 e. The number of hydrogen-bond acceptors (Lipinski definition) is 1. The Kier molecular flexibility index (Phi) is 1.53. The molecule has 0 spiro atoms. The quantitative estimate of drug-likeness (QED) is 0.585. The molecule has 1 aliphatic rings. The van der Waals surface area contributed by atoms with E-state index in [1.165, 1.54) is 11.1 Å². The summed E-state index contributed by atoms with van der Waals surface area (Å²) in [6.45, 7) is 4.33. The van der Waals surface area contributed by atoms with Gasteiger partial charge in [-0.15, -0.1) is 0 Å². The molecule has 0 saturated carbocycles. The molecular formula is C12H11N. The maximum absolute atomic E-state index is 8.77. The van der Waals surface area contributed by atoms with Gasteiger partial charge in [0.25, 0.3) is 0 Å². The van der Waals surface area contributed by atoms with Gasteiger partial charge in [0.2, 0.25) is 0 Å². The molecule has 0 unspecified atom stereocenters. The molecule has 0 saturated heterocycles. The number of nitrogens with zero attached hydrogens (tertiary/aromatic N) is 1. The van der Waals surface area contributed by atoms with E-state index in [0.29, 0.717) is 0 Å². The summed E-state index contributed by atoms with van der Waals surface area (Å²) in [5.41, 5.74) is 3.33. The molecule has 0 fully saturated rings. The van der Waals surface area contributed by atoms with Crippen LogP contribution in [0.2, 0.25) is 0 Å². The van der Waals surface area contributed by atoms with E-state index in [1.807, 2.05) is 18.2 Å². The number of nitriles is 1. The maximum atomic E-state index is 8.77. The van der Waals surface area contributed by atoms with Gasteiger partial charge in [-0.1, -0.05) is 32.1 Å². The number of benzene rings is 1. The predicted octanol–water partition coefficient (Wildman–Crippen LogP) is 2.86. The van der Waals surface area contributed by atoms with Gasteiger partial charge in [0.1, 0.15) is 0 Å². The highest BCUT2D eigenvalue weighted by Gasteiger charge is 2.24. The van der Waals surface area contributed by atoms with Gasteiger partial charge in [-0.2, -0.15) is 5.26 Å². The second kappa shape index (κ2) is 2.47. The largest absolute Gasteiger partial charge is 0.192 e. The Morgan fingerprint density at radius 3 is 2.77 bits per heavy atom. The van der Waals surface area contributed by atoms with Gasteiger partial charge in [0.15, 0.2) is 0 Å². The molecule has 0 N–H and O–H groups in total. The lowest BCUT2D eigenvalue weighted by atomic mass is 9.86. The van der Waals surface area contributed by atoms with E-state index in [-0.39, 0.29) is 5.41 Å². The monoisotopic (exact) mass is 169 g/mol. The van der Waals surface area contributed by atoms with Crippen molar-refractivity contribution in [1.29, 1.82) is 5.26 Å². The van der Waals surface area contributed by atoms with Gasteiger partial charge in [-0.05, 0) is 23.3 Å². The number of fused-ring (bicyclic) bond motifs is 1. The van der Waals surface area contributed by atoms with Crippen molar-refractivity contribution in [2.75, 3.05) is 0 Å². The Morgan fingerprint density at radius 1 is 1.31 bits per heavy atom. The van der Waals surface area contributed by atoms with Crippen LogP contribution in [0.1, 0.15) is 30.5 Å². The second-order valence-electron chi connectivity index (χ2n) is 3.97. The lowest BCUT2D eigenvalue weighted by Crippen LogP contribution is -2.10. The van der Waals surface area contributed by atoms with Gasteiger partial charge in [-0.3, -0.25) is 0 Å². The first-order valence-electron chi connectivity index (χ1n) is 4.37. The van der Waals surface area contributed by atoms with E-state index < -0.39 is 0 Å². The molecular weight excluding hydrogens is 158 g/mol. The van der Waals surface area contributed by atoms with E-state index in [0.717, 1.165) is 5.56 Å².